The highest BCUT2D eigenvalue weighted by Gasteiger charge is 2.54. The summed E-state index contributed by atoms with van der Waals surface area (Å²) in [5.74, 6) is 1.64. The molecule has 4 aromatic heterocycles. The van der Waals surface area contributed by atoms with Crippen LogP contribution in [0, 0.1) is 0 Å². The molecule has 1 aliphatic rings. The van der Waals surface area contributed by atoms with Crippen LogP contribution in [0.25, 0.3) is 0 Å². The first-order chi connectivity index (χ1) is 14.8. The van der Waals surface area contributed by atoms with Crippen LogP contribution in [0.15, 0.2) is 85.7 Å². The second-order valence-corrected chi connectivity index (χ2v) is 7.63. The minimum atomic E-state index is 0.122. The second-order valence-electron chi connectivity index (χ2n) is 7.63. The van der Waals surface area contributed by atoms with Gasteiger partial charge in [-0.15, -0.1) is 0 Å². The summed E-state index contributed by atoms with van der Waals surface area (Å²) < 4.78 is 0. The molecule has 0 spiro atoms. The fourth-order valence-corrected chi connectivity index (χ4v) is 4.92. The normalized spacial score (nSPS) is 22.9. The summed E-state index contributed by atoms with van der Waals surface area (Å²) in [6.45, 7) is 0. The average Bonchev–Trinajstić information content (AvgIpc) is 2.77. The monoisotopic (exact) mass is 394 g/mol. The van der Waals surface area contributed by atoms with E-state index in [-0.39, 0.29) is 23.7 Å². The van der Waals surface area contributed by atoms with Crippen LogP contribution in [0.3, 0.4) is 0 Å². The van der Waals surface area contributed by atoms with Crippen molar-refractivity contribution in [1.29, 1.82) is 0 Å². The first kappa shape index (κ1) is 18.2. The zero-order chi connectivity index (χ0) is 20.5. The maximum atomic E-state index is 6.35. The minimum absolute atomic E-state index is 0.122. The zero-order valence-corrected chi connectivity index (χ0v) is 16.3. The van der Waals surface area contributed by atoms with Crippen LogP contribution in [0.4, 0.5) is 11.6 Å². The van der Waals surface area contributed by atoms with E-state index >= 15 is 0 Å². The molecule has 0 radical (unpaired) electrons. The Kier molecular flexibility index (Phi) is 4.59. The summed E-state index contributed by atoms with van der Waals surface area (Å²) in [4.78, 5) is 17.5. The quantitative estimate of drug-likeness (QED) is 0.544. The molecule has 0 saturated heterocycles. The van der Waals surface area contributed by atoms with Crippen LogP contribution in [0.1, 0.15) is 45.9 Å². The summed E-state index contributed by atoms with van der Waals surface area (Å²) in [6, 6.07) is 16.2. The Morgan fingerprint density at radius 3 is 1.33 bits per heavy atom. The van der Waals surface area contributed by atoms with E-state index in [1.807, 2.05) is 36.7 Å². The number of hydrogen-bond donors (Lipinski definition) is 2. The highest BCUT2D eigenvalue weighted by atomic mass is 14.8. The van der Waals surface area contributed by atoms with Crippen molar-refractivity contribution >= 4 is 11.6 Å². The minimum Gasteiger partial charge on any atom is -0.383 e. The van der Waals surface area contributed by atoms with Crippen molar-refractivity contribution in [3.63, 3.8) is 0 Å². The van der Waals surface area contributed by atoms with Gasteiger partial charge in [0.1, 0.15) is 11.6 Å². The maximum absolute atomic E-state index is 6.35. The van der Waals surface area contributed by atoms with Gasteiger partial charge in [0.05, 0.1) is 0 Å². The first-order valence-electron chi connectivity index (χ1n) is 9.96. The molecule has 0 unspecified atom stereocenters. The van der Waals surface area contributed by atoms with Crippen LogP contribution in [0.5, 0.6) is 0 Å². The third kappa shape index (κ3) is 2.97. The van der Waals surface area contributed by atoms with Gasteiger partial charge in [0, 0.05) is 60.9 Å². The number of rotatable bonds is 4. The van der Waals surface area contributed by atoms with Gasteiger partial charge in [0.25, 0.3) is 0 Å². The van der Waals surface area contributed by atoms with Crippen molar-refractivity contribution in [1.82, 2.24) is 19.9 Å². The molecule has 0 atom stereocenters. The lowest BCUT2D eigenvalue weighted by Gasteiger charge is -2.53. The smallest absolute Gasteiger partial charge is 0.126 e. The van der Waals surface area contributed by atoms with Crippen molar-refractivity contribution < 1.29 is 0 Å². The molecule has 0 aliphatic heterocycles. The van der Waals surface area contributed by atoms with Gasteiger partial charge >= 0.3 is 0 Å². The predicted molar refractivity (Wildman–Crippen MR) is 117 cm³/mol. The molecule has 148 valence electrons. The van der Waals surface area contributed by atoms with Crippen molar-refractivity contribution in [2.45, 2.75) is 23.7 Å². The Labute approximate surface area is 175 Å². The predicted octanol–water partition coefficient (Wildman–Crippen LogP) is 3.88. The van der Waals surface area contributed by atoms with Gasteiger partial charge in [-0.05, 0) is 46.5 Å². The van der Waals surface area contributed by atoms with Crippen LogP contribution in [-0.4, -0.2) is 19.9 Å². The number of anilines is 2. The Morgan fingerprint density at radius 2 is 0.967 bits per heavy atom. The highest BCUT2D eigenvalue weighted by Crippen LogP contribution is 2.67. The van der Waals surface area contributed by atoms with Gasteiger partial charge in [0.2, 0.25) is 0 Å². The van der Waals surface area contributed by atoms with E-state index in [1.54, 1.807) is 24.8 Å². The number of aromatic nitrogens is 4. The number of hydrogen-bond acceptors (Lipinski definition) is 6. The van der Waals surface area contributed by atoms with E-state index in [2.05, 4.69) is 44.2 Å². The van der Waals surface area contributed by atoms with Crippen LogP contribution in [-0.2, 0) is 0 Å². The average molecular weight is 394 g/mol. The Hall–Kier alpha value is -3.80. The van der Waals surface area contributed by atoms with Crippen molar-refractivity contribution in [2.24, 2.45) is 0 Å². The molecule has 30 heavy (non-hydrogen) atoms. The molecule has 4 heterocycles. The Morgan fingerprint density at radius 1 is 0.533 bits per heavy atom. The Bertz CT molecular complexity index is 1050. The summed E-state index contributed by atoms with van der Waals surface area (Å²) in [5, 5.41) is 0. The van der Waals surface area contributed by atoms with Gasteiger partial charge in [-0.25, -0.2) is 9.97 Å². The lowest BCUT2D eigenvalue weighted by atomic mass is 9.49. The molecule has 0 amide bonds. The van der Waals surface area contributed by atoms with Crippen LogP contribution < -0.4 is 11.5 Å². The van der Waals surface area contributed by atoms with Gasteiger partial charge in [-0.3, -0.25) is 9.97 Å². The zero-order valence-electron chi connectivity index (χ0n) is 16.3. The van der Waals surface area contributed by atoms with E-state index in [9.17, 15) is 0 Å². The summed E-state index contributed by atoms with van der Waals surface area (Å²) in [7, 11) is 0. The van der Waals surface area contributed by atoms with E-state index in [1.165, 1.54) is 0 Å². The largest absolute Gasteiger partial charge is 0.383 e. The van der Waals surface area contributed by atoms with Gasteiger partial charge in [-0.2, -0.15) is 0 Å². The summed E-state index contributed by atoms with van der Waals surface area (Å²) in [5.41, 5.74) is 17.1. The third-order valence-corrected chi connectivity index (χ3v) is 6.15. The summed E-state index contributed by atoms with van der Waals surface area (Å²) in [6.07, 6.45) is 10.9. The first-order valence-corrected chi connectivity index (χ1v) is 9.96. The second kappa shape index (κ2) is 7.55. The Balaban J connectivity index is 1.72. The third-order valence-electron chi connectivity index (χ3n) is 6.15. The molecular formula is C24H22N6. The molecule has 0 bridgehead atoms. The maximum Gasteiger partial charge on any atom is 0.126 e. The molecule has 6 heteroatoms. The molecule has 5 rings (SSSR count). The number of nitrogens with zero attached hydrogens (tertiary/aromatic N) is 4. The lowest BCUT2D eigenvalue weighted by Crippen LogP contribution is -2.41. The topological polar surface area (TPSA) is 104 Å². The fourth-order valence-electron chi connectivity index (χ4n) is 4.92. The molecule has 6 nitrogen and oxygen atoms in total. The van der Waals surface area contributed by atoms with Crippen LogP contribution >= 0.6 is 0 Å². The fraction of sp³-hybridized carbons (Fsp3) is 0.167. The number of nitrogen functional groups attached to an aromatic ring is 2. The van der Waals surface area contributed by atoms with Crippen LogP contribution in [0.2, 0.25) is 0 Å². The standard InChI is InChI=1S/C24H22N6/c25-23-17(7-3-11-29-23)21-19(15-5-1-9-27-13-15)22(18-8-4-12-30-24(18)26)20(21)16-6-2-10-28-14-16/h1-14,19-22H,(H2,25,29)(H2,26,30). The molecule has 1 fully saturated rings. The van der Waals surface area contributed by atoms with E-state index in [0.29, 0.717) is 11.6 Å². The molecule has 0 aromatic carbocycles. The van der Waals surface area contributed by atoms with E-state index < -0.39 is 0 Å². The number of pyridine rings is 4. The van der Waals surface area contributed by atoms with E-state index in [0.717, 1.165) is 22.3 Å². The molecule has 1 aliphatic carbocycles. The summed E-state index contributed by atoms with van der Waals surface area (Å²) >= 11 is 0. The SMILES string of the molecule is Nc1ncccc1C1C(c2cccnc2)C(c2cccnc2N)C1c1cccnc1. The van der Waals surface area contributed by atoms with Gasteiger partial charge in [0.15, 0.2) is 0 Å². The van der Waals surface area contributed by atoms with Gasteiger partial charge < -0.3 is 11.5 Å². The molecular weight excluding hydrogens is 372 g/mol. The van der Waals surface area contributed by atoms with Crippen molar-refractivity contribution in [2.75, 3.05) is 11.5 Å². The molecule has 1 saturated carbocycles. The van der Waals surface area contributed by atoms with Crippen molar-refractivity contribution in [3.05, 3.63) is 108 Å². The molecule has 4 aromatic rings. The number of nitrogens with two attached hydrogens (primary N) is 2. The van der Waals surface area contributed by atoms with E-state index in [4.69, 9.17) is 11.5 Å². The highest BCUT2D eigenvalue weighted by molar-refractivity contribution is 5.56. The van der Waals surface area contributed by atoms with Crippen molar-refractivity contribution in [3.8, 4) is 0 Å². The lowest BCUT2D eigenvalue weighted by molar-refractivity contribution is 0.228. The molecule has 4 N–H and O–H groups in total. The van der Waals surface area contributed by atoms with Gasteiger partial charge in [-0.1, -0.05) is 24.3 Å².